The van der Waals surface area contributed by atoms with Crippen molar-refractivity contribution in [2.24, 2.45) is 5.92 Å². The van der Waals surface area contributed by atoms with Crippen molar-refractivity contribution in [3.63, 3.8) is 0 Å². The summed E-state index contributed by atoms with van der Waals surface area (Å²) in [5, 5.41) is 1.15. The number of rotatable bonds is 5. The van der Waals surface area contributed by atoms with Crippen LogP contribution in [0.5, 0.6) is 0 Å². The number of ether oxygens (including phenoxy) is 2. The van der Waals surface area contributed by atoms with Crippen LogP contribution in [0.4, 0.5) is 5.82 Å². The van der Waals surface area contributed by atoms with Crippen LogP contribution in [0, 0.1) is 5.92 Å². The van der Waals surface area contributed by atoms with Gasteiger partial charge in [-0.3, -0.25) is 9.59 Å². The van der Waals surface area contributed by atoms with Gasteiger partial charge in [-0.2, -0.15) is 0 Å². The smallest absolute Gasteiger partial charge is 0.313 e. The van der Waals surface area contributed by atoms with Crippen molar-refractivity contribution in [2.75, 3.05) is 31.7 Å². The zero-order valence-electron chi connectivity index (χ0n) is 17.0. The first-order chi connectivity index (χ1) is 14.1. The van der Waals surface area contributed by atoms with E-state index in [4.69, 9.17) is 19.4 Å². The highest BCUT2D eigenvalue weighted by atomic mass is 32.1. The Morgan fingerprint density at radius 2 is 1.93 bits per heavy atom. The van der Waals surface area contributed by atoms with Gasteiger partial charge in [0.1, 0.15) is 22.9 Å². The van der Waals surface area contributed by atoms with Gasteiger partial charge < -0.3 is 14.4 Å². The van der Waals surface area contributed by atoms with E-state index in [0.717, 1.165) is 54.8 Å². The molecule has 0 unspecified atom stereocenters. The number of carbonyl (C=O) groups is 2. The maximum absolute atomic E-state index is 12.1. The number of aryl methyl sites for hydroxylation is 2. The van der Waals surface area contributed by atoms with Gasteiger partial charge in [-0.25, -0.2) is 9.97 Å². The third-order valence-corrected chi connectivity index (χ3v) is 6.97. The molecule has 29 heavy (non-hydrogen) atoms. The van der Waals surface area contributed by atoms with Crippen LogP contribution in [0.3, 0.4) is 0 Å². The molecule has 0 radical (unpaired) electrons. The second-order valence-corrected chi connectivity index (χ2v) is 8.70. The Morgan fingerprint density at radius 3 is 2.66 bits per heavy atom. The van der Waals surface area contributed by atoms with Gasteiger partial charge in [0.05, 0.1) is 25.0 Å². The van der Waals surface area contributed by atoms with Crippen molar-refractivity contribution in [2.45, 2.75) is 51.9 Å². The molecule has 0 N–H and O–H groups in total. The fourth-order valence-electron chi connectivity index (χ4n) is 4.28. The standard InChI is InChI=1S/C21H27N3O4S/c1-3-28-21(26)13-8-10-24(11-9-13)19-18-14-6-4-5-7-15(14)29-20(18)23-16(22-19)12-17(25)27-2/h13H,3-12H2,1-2H3. The molecule has 0 spiro atoms. The largest absolute Gasteiger partial charge is 0.469 e. The predicted octanol–water partition coefficient (Wildman–Crippen LogP) is 3.07. The molecule has 2 aromatic heterocycles. The van der Waals surface area contributed by atoms with E-state index in [2.05, 4.69) is 4.90 Å². The SMILES string of the molecule is CCOC(=O)C1CCN(c2nc(CC(=O)OC)nc3sc4c(c23)CCCC4)CC1. The number of fused-ring (bicyclic) bond motifs is 3. The average Bonchev–Trinajstić information content (AvgIpc) is 3.11. The minimum absolute atomic E-state index is 0.0468. The Labute approximate surface area is 174 Å². The van der Waals surface area contributed by atoms with Gasteiger partial charge in [0.15, 0.2) is 0 Å². The van der Waals surface area contributed by atoms with Gasteiger partial charge in [-0.1, -0.05) is 0 Å². The first-order valence-corrected chi connectivity index (χ1v) is 11.2. The zero-order chi connectivity index (χ0) is 20.4. The van der Waals surface area contributed by atoms with Crippen molar-refractivity contribution in [3.8, 4) is 0 Å². The van der Waals surface area contributed by atoms with E-state index in [0.29, 0.717) is 12.4 Å². The summed E-state index contributed by atoms with van der Waals surface area (Å²) >= 11 is 1.73. The predicted molar refractivity (Wildman–Crippen MR) is 111 cm³/mol. The molecule has 0 atom stereocenters. The van der Waals surface area contributed by atoms with E-state index >= 15 is 0 Å². The van der Waals surface area contributed by atoms with E-state index in [9.17, 15) is 9.59 Å². The number of piperidine rings is 1. The summed E-state index contributed by atoms with van der Waals surface area (Å²) in [6.45, 7) is 3.76. The first-order valence-electron chi connectivity index (χ1n) is 10.4. The molecule has 1 fully saturated rings. The minimum atomic E-state index is -0.336. The van der Waals surface area contributed by atoms with Crippen molar-refractivity contribution < 1.29 is 19.1 Å². The molecule has 1 saturated heterocycles. The Bertz CT molecular complexity index is 918. The highest BCUT2D eigenvalue weighted by Gasteiger charge is 2.30. The average molecular weight is 418 g/mol. The Hall–Kier alpha value is -2.22. The van der Waals surface area contributed by atoms with Crippen LogP contribution in [0.1, 0.15) is 48.9 Å². The molecular formula is C21H27N3O4S. The van der Waals surface area contributed by atoms with Crippen molar-refractivity contribution in [1.29, 1.82) is 0 Å². The summed E-state index contributed by atoms with van der Waals surface area (Å²) in [6.07, 6.45) is 6.12. The lowest BCUT2D eigenvalue weighted by Gasteiger charge is -2.32. The lowest BCUT2D eigenvalue weighted by Crippen LogP contribution is -2.37. The molecule has 8 heteroatoms. The normalized spacial score (nSPS) is 17.2. The highest BCUT2D eigenvalue weighted by molar-refractivity contribution is 7.19. The maximum Gasteiger partial charge on any atom is 0.313 e. The number of nitrogens with zero attached hydrogens (tertiary/aromatic N) is 3. The van der Waals surface area contributed by atoms with Crippen LogP contribution in [0.15, 0.2) is 0 Å². The van der Waals surface area contributed by atoms with Crippen LogP contribution in [0.2, 0.25) is 0 Å². The van der Waals surface area contributed by atoms with Gasteiger partial charge in [-0.05, 0) is 51.0 Å². The van der Waals surface area contributed by atoms with E-state index in [1.807, 2.05) is 6.92 Å². The maximum atomic E-state index is 12.1. The molecule has 4 rings (SSSR count). The van der Waals surface area contributed by atoms with Crippen molar-refractivity contribution in [3.05, 3.63) is 16.3 Å². The van der Waals surface area contributed by atoms with Gasteiger partial charge in [-0.15, -0.1) is 11.3 Å². The molecule has 1 aliphatic heterocycles. The summed E-state index contributed by atoms with van der Waals surface area (Å²) in [7, 11) is 1.38. The van der Waals surface area contributed by atoms with Crippen molar-refractivity contribution >= 4 is 39.3 Å². The Balaban J connectivity index is 1.67. The van der Waals surface area contributed by atoms with E-state index in [1.165, 1.54) is 30.4 Å². The molecule has 2 aromatic rings. The van der Waals surface area contributed by atoms with Gasteiger partial charge >= 0.3 is 11.9 Å². The molecule has 1 aliphatic carbocycles. The Kier molecular flexibility index (Phi) is 5.99. The fraction of sp³-hybridized carbons (Fsp3) is 0.619. The second kappa shape index (κ2) is 8.65. The Morgan fingerprint density at radius 1 is 1.17 bits per heavy atom. The topological polar surface area (TPSA) is 81.6 Å². The summed E-state index contributed by atoms with van der Waals surface area (Å²) in [4.78, 5) is 38.0. The lowest BCUT2D eigenvalue weighted by molar-refractivity contribution is -0.148. The molecule has 3 heterocycles. The van der Waals surface area contributed by atoms with Crippen LogP contribution < -0.4 is 4.90 Å². The van der Waals surface area contributed by atoms with Gasteiger partial charge in [0, 0.05) is 18.0 Å². The molecular weight excluding hydrogens is 390 g/mol. The fourth-order valence-corrected chi connectivity index (χ4v) is 5.55. The highest BCUT2D eigenvalue weighted by Crippen LogP contribution is 2.40. The second-order valence-electron chi connectivity index (χ2n) is 7.62. The molecule has 0 saturated carbocycles. The van der Waals surface area contributed by atoms with E-state index in [-0.39, 0.29) is 24.3 Å². The third-order valence-electron chi connectivity index (χ3n) is 5.79. The minimum Gasteiger partial charge on any atom is -0.469 e. The number of methoxy groups -OCH3 is 1. The third kappa shape index (κ3) is 4.08. The molecule has 7 nitrogen and oxygen atoms in total. The summed E-state index contributed by atoms with van der Waals surface area (Å²) < 4.78 is 10.0. The van der Waals surface area contributed by atoms with E-state index < -0.39 is 0 Å². The molecule has 0 amide bonds. The molecule has 0 aromatic carbocycles. The van der Waals surface area contributed by atoms with Crippen LogP contribution in [0.25, 0.3) is 10.2 Å². The number of anilines is 1. The summed E-state index contributed by atoms with van der Waals surface area (Å²) in [5.74, 6) is 0.937. The van der Waals surface area contributed by atoms with Gasteiger partial charge in [0.2, 0.25) is 0 Å². The molecule has 156 valence electrons. The quantitative estimate of drug-likeness (QED) is 0.692. The summed E-state index contributed by atoms with van der Waals surface area (Å²) in [6, 6.07) is 0. The van der Waals surface area contributed by atoms with Crippen molar-refractivity contribution in [1.82, 2.24) is 9.97 Å². The van der Waals surface area contributed by atoms with E-state index in [1.54, 1.807) is 11.3 Å². The number of esters is 2. The van der Waals surface area contributed by atoms with Crippen LogP contribution >= 0.6 is 11.3 Å². The number of carbonyl (C=O) groups excluding carboxylic acids is 2. The monoisotopic (exact) mass is 417 g/mol. The summed E-state index contributed by atoms with van der Waals surface area (Å²) in [5.41, 5.74) is 1.38. The number of hydrogen-bond donors (Lipinski definition) is 0. The van der Waals surface area contributed by atoms with Crippen LogP contribution in [-0.2, 0) is 38.3 Å². The molecule has 0 bridgehead atoms. The first kappa shape index (κ1) is 20.1. The zero-order valence-corrected chi connectivity index (χ0v) is 17.8. The number of hydrogen-bond acceptors (Lipinski definition) is 8. The molecule has 2 aliphatic rings. The van der Waals surface area contributed by atoms with Gasteiger partial charge in [0.25, 0.3) is 0 Å². The number of thiophene rings is 1. The lowest BCUT2D eigenvalue weighted by atomic mass is 9.95. The van der Waals surface area contributed by atoms with Crippen LogP contribution in [-0.4, -0.2) is 48.7 Å². The number of aromatic nitrogens is 2.